The van der Waals surface area contributed by atoms with Crippen LogP contribution in [0.5, 0.6) is 5.75 Å². The van der Waals surface area contributed by atoms with Crippen LogP contribution < -0.4 is 4.74 Å². The summed E-state index contributed by atoms with van der Waals surface area (Å²) in [5.74, 6) is 0.801. The number of hydrogen-bond donors (Lipinski definition) is 0. The Labute approximate surface area is 94.3 Å². The average molecular weight is 307 g/mol. The third-order valence-corrected chi connectivity index (χ3v) is 2.14. The highest BCUT2D eigenvalue weighted by molar-refractivity contribution is 9.11. The first-order valence-electron chi connectivity index (χ1n) is 3.79. The molecule has 0 aliphatic carbocycles. The minimum atomic E-state index is 0.645. The zero-order valence-electron chi connectivity index (χ0n) is 6.96. The molecule has 0 aromatic carbocycles. The van der Waals surface area contributed by atoms with E-state index in [-0.39, 0.29) is 0 Å². The molecule has 0 aliphatic rings. The standard InChI is InChI=1S/C9H9Br2NO/c1-2-3-4-13-7-5-8(10)12-9(11)6-7/h2,5-6H,1,3-4H2. The molecule has 0 spiro atoms. The summed E-state index contributed by atoms with van der Waals surface area (Å²) in [6.45, 7) is 4.26. The lowest BCUT2D eigenvalue weighted by atomic mass is 10.4. The van der Waals surface area contributed by atoms with E-state index in [0.717, 1.165) is 21.4 Å². The molecule has 70 valence electrons. The van der Waals surface area contributed by atoms with Crippen molar-refractivity contribution in [3.05, 3.63) is 34.0 Å². The Morgan fingerprint density at radius 1 is 1.38 bits per heavy atom. The van der Waals surface area contributed by atoms with Crippen LogP contribution in [0, 0.1) is 0 Å². The maximum atomic E-state index is 5.44. The highest BCUT2D eigenvalue weighted by atomic mass is 79.9. The fraction of sp³-hybridized carbons (Fsp3) is 0.222. The van der Waals surface area contributed by atoms with Crippen LogP contribution in [0.1, 0.15) is 6.42 Å². The monoisotopic (exact) mass is 305 g/mol. The van der Waals surface area contributed by atoms with Crippen molar-refractivity contribution < 1.29 is 4.74 Å². The molecule has 4 heteroatoms. The largest absolute Gasteiger partial charge is 0.493 e. The number of nitrogens with zero attached hydrogens (tertiary/aromatic N) is 1. The lowest BCUT2D eigenvalue weighted by molar-refractivity contribution is 0.324. The number of aromatic nitrogens is 1. The Kier molecular flexibility index (Phi) is 4.45. The van der Waals surface area contributed by atoms with Gasteiger partial charge in [0.1, 0.15) is 15.0 Å². The van der Waals surface area contributed by atoms with Gasteiger partial charge in [-0.1, -0.05) is 6.08 Å². The summed E-state index contributed by atoms with van der Waals surface area (Å²) in [7, 11) is 0. The fourth-order valence-corrected chi connectivity index (χ4v) is 1.86. The van der Waals surface area contributed by atoms with Crippen molar-refractivity contribution in [1.82, 2.24) is 4.98 Å². The van der Waals surface area contributed by atoms with E-state index in [1.54, 1.807) is 0 Å². The van der Waals surface area contributed by atoms with Crippen LogP contribution in [0.25, 0.3) is 0 Å². The predicted molar refractivity (Wildman–Crippen MR) is 59.9 cm³/mol. The van der Waals surface area contributed by atoms with Crippen molar-refractivity contribution in [3.8, 4) is 5.75 Å². The SMILES string of the molecule is C=CCCOc1cc(Br)nc(Br)c1. The topological polar surface area (TPSA) is 22.1 Å². The molecule has 1 aromatic heterocycles. The molecule has 1 rings (SSSR count). The zero-order chi connectivity index (χ0) is 9.68. The average Bonchev–Trinajstić information content (AvgIpc) is 2.03. The number of hydrogen-bond acceptors (Lipinski definition) is 2. The van der Waals surface area contributed by atoms with Crippen LogP contribution in [0.2, 0.25) is 0 Å². The molecule has 0 fully saturated rings. The van der Waals surface area contributed by atoms with Gasteiger partial charge in [0.25, 0.3) is 0 Å². The second-order valence-electron chi connectivity index (χ2n) is 2.37. The summed E-state index contributed by atoms with van der Waals surface area (Å²) >= 11 is 6.56. The van der Waals surface area contributed by atoms with Gasteiger partial charge in [-0.15, -0.1) is 6.58 Å². The molecule has 0 aliphatic heterocycles. The molecule has 0 radical (unpaired) electrons. The smallest absolute Gasteiger partial charge is 0.124 e. The molecule has 1 aromatic rings. The normalized spacial score (nSPS) is 9.69. The van der Waals surface area contributed by atoms with Gasteiger partial charge in [0.05, 0.1) is 6.61 Å². The Balaban J connectivity index is 2.60. The van der Waals surface area contributed by atoms with Crippen LogP contribution in [-0.4, -0.2) is 11.6 Å². The van der Waals surface area contributed by atoms with E-state index >= 15 is 0 Å². The van der Waals surface area contributed by atoms with Gasteiger partial charge in [0.2, 0.25) is 0 Å². The van der Waals surface area contributed by atoms with Crippen LogP contribution in [0.15, 0.2) is 34.0 Å². The van der Waals surface area contributed by atoms with Crippen LogP contribution in [0.3, 0.4) is 0 Å². The van der Waals surface area contributed by atoms with E-state index < -0.39 is 0 Å². The highest BCUT2D eigenvalue weighted by Crippen LogP contribution is 2.21. The molecular weight excluding hydrogens is 298 g/mol. The van der Waals surface area contributed by atoms with Crippen molar-refractivity contribution in [2.45, 2.75) is 6.42 Å². The van der Waals surface area contributed by atoms with Gasteiger partial charge in [-0.2, -0.15) is 0 Å². The van der Waals surface area contributed by atoms with E-state index in [4.69, 9.17) is 4.74 Å². The van der Waals surface area contributed by atoms with Crippen LogP contribution >= 0.6 is 31.9 Å². The fourth-order valence-electron chi connectivity index (χ4n) is 0.786. The van der Waals surface area contributed by atoms with Crippen molar-refractivity contribution in [2.75, 3.05) is 6.61 Å². The molecule has 0 atom stereocenters. The second kappa shape index (κ2) is 5.40. The minimum Gasteiger partial charge on any atom is -0.493 e. The first-order chi connectivity index (χ1) is 6.22. The summed E-state index contributed by atoms with van der Waals surface area (Å²) in [5, 5.41) is 0. The first kappa shape index (κ1) is 10.7. The van der Waals surface area contributed by atoms with Gasteiger partial charge in [0, 0.05) is 12.1 Å². The van der Waals surface area contributed by atoms with E-state index in [2.05, 4.69) is 43.4 Å². The van der Waals surface area contributed by atoms with Gasteiger partial charge < -0.3 is 4.74 Å². The Bertz CT molecular complexity index is 281. The number of halogens is 2. The number of rotatable bonds is 4. The lowest BCUT2D eigenvalue weighted by Gasteiger charge is -2.04. The molecule has 0 saturated heterocycles. The molecule has 0 saturated carbocycles. The Morgan fingerprint density at radius 3 is 2.54 bits per heavy atom. The molecule has 0 unspecified atom stereocenters. The summed E-state index contributed by atoms with van der Waals surface area (Å²) < 4.78 is 6.96. The third kappa shape index (κ3) is 3.91. The van der Waals surface area contributed by atoms with E-state index in [0.29, 0.717) is 6.61 Å². The Morgan fingerprint density at radius 2 is 2.00 bits per heavy atom. The molecular formula is C9H9Br2NO. The van der Waals surface area contributed by atoms with Crippen LogP contribution in [0.4, 0.5) is 0 Å². The zero-order valence-corrected chi connectivity index (χ0v) is 10.1. The summed E-state index contributed by atoms with van der Waals surface area (Å²) in [6, 6.07) is 3.65. The van der Waals surface area contributed by atoms with Crippen molar-refractivity contribution in [1.29, 1.82) is 0 Å². The first-order valence-corrected chi connectivity index (χ1v) is 5.38. The molecule has 0 N–H and O–H groups in total. The van der Waals surface area contributed by atoms with Crippen molar-refractivity contribution >= 4 is 31.9 Å². The molecule has 1 heterocycles. The molecule has 13 heavy (non-hydrogen) atoms. The summed E-state index contributed by atoms with van der Waals surface area (Å²) in [6.07, 6.45) is 2.67. The third-order valence-electron chi connectivity index (χ3n) is 1.33. The van der Waals surface area contributed by atoms with E-state index in [1.165, 1.54) is 0 Å². The summed E-state index contributed by atoms with van der Waals surface area (Å²) in [5.41, 5.74) is 0. The van der Waals surface area contributed by atoms with Crippen molar-refractivity contribution in [3.63, 3.8) is 0 Å². The summed E-state index contributed by atoms with van der Waals surface area (Å²) in [4.78, 5) is 4.10. The van der Waals surface area contributed by atoms with Gasteiger partial charge in [-0.3, -0.25) is 0 Å². The molecule has 0 bridgehead atoms. The van der Waals surface area contributed by atoms with Crippen LogP contribution in [-0.2, 0) is 0 Å². The second-order valence-corrected chi connectivity index (χ2v) is 4.00. The van der Waals surface area contributed by atoms with Gasteiger partial charge in [-0.05, 0) is 38.3 Å². The number of pyridine rings is 1. The molecule has 2 nitrogen and oxygen atoms in total. The van der Waals surface area contributed by atoms with Gasteiger partial charge in [0.15, 0.2) is 0 Å². The predicted octanol–water partition coefficient (Wildman–Crippen LogP) is 3.56. The van der Waals surface area contributed by atoms with E-state index in [1.807, 2.05) is 18.2 Å². The lowest BCUT2D eigenvalue weighted by Crippen LogP contribution is -1.95. The maximum absolute atomic E-state index is 5.44. The minimum absolute atomic E-state index is 0.645. The highest BCUT2D eigenvalue weighted by Gasteiger charge is 1.98. The maximum Gasteiger partial charge on any atom is 0.124 e. The quantitative estimate of drug-likeness (QED) is 0.482. The van der Waals surface area contributed by atoms with Gasteiger partial charge in [-0.25, -0.2) is 4.98 Å². The number of ether oxygens (including phenoxy) is 1. The van der Waals surface area contributed by atoms with Crippen molar-refractivity contribution in [2.24, 2.45) is 0 Å². The molecule has 0 amide bonds. The van der Waals surface area contributed by atoms with Gasteiger partial charge >= 0.3 is 0 Å². The van der Waals surface area contributed by atoms with E-state index in [9.17, 15) is 0 Å². The Hall–Kier alpha value is -0.350.